The van der Waals surface area contributed by atoms with E-state index in [4.69, 9.17) is 5.73 Å². The molecule has 0 heterocycles. The number of nitrogens with zero attached hydrogens (tertiary/aromatic N) is 1. The van der Waals surface area contributed by atoms with Crippen molar-refractivity contribution in [1.29, 1.82) is 0 Å². The van der Waals surface area contributed by atoms with Gasteiger partial charge in [0.1, 0.15) is 0 Å². The summed E-state index contributed by atoms with van der Waals surface area (Å²) in [5.41, 5.74) is 8.05. The highest BCUT2D eigenvalue weighted by Gasteiger charge is 2.20. The van der Waals surface area contributed by atoms with Crippen molar-refractivity contribution in [1.82, 2.24) is 4.90 Å². The molecule has 0 atom stereocenters. The predicted molar refractivity (Wildman–Crippen MR) is 74.1 cm³/mol. The highest BCUT2D eigenvalue weighted by molar-refractivity contribution is 5.40. The minimum Gasteiger partial charge on any atom is -0.399 e. The molecule has 1 aliphatic rings. The Labute approximate surface area is 105 Å². The van der Waals surface area contributed by atoms with Crippen molar-refractivity contribution in [2.75, 3.05) is 18.8 Å². The summed E-state index contributed by atoms with van der Waals surface area (Å²) in [7, 11) is 0. The fraction of sp³-hybridized carbons (Fsp3) is 0.600. The van der Waals surface area contributed by atoms with Crippen molar-refractivity contribution >= 4 is 5.69 Å². The normalized spacial score (nSPS) is 16.8. The van der Waals surface area contributed by atoms with Gasteiger partial charge in [-0.3, -0.25) is 0 Å². The van der Waals surface area contributed by atoms with Gasteiger partial charge in [0.2, 0.25) is 0 Å². The first-order valence-electron chi connectivity index (χ1n) is 6.88. The van der Waals surface area contributed by atoms with Gasteiger partial charge in [0.15, 0.2) is 0 Å². The monoisotopic (exact) mass is 232 g/mol. The number of anilines is 1. The number of rotatable bonds is 5. The standard InChI is InChI=1S/C15H24N2/c1-2-17(15-8-3-4-9-15)11-10-13-6-5-7-14(16)12-13/h5-7,12,15H,2-4,8-11,16H2,1H3. The average Bonchev–Trinajstić information content (AvgIpc) is 2.84. The molecule has 2 rings (SSSR count). The van der Waals surface area contributed by atoms with Crippen molar-refractivity contribution in [3.63, 3.8) is 0 Å². The summed E-state index contributed by atoms with van der Waals surface area (Å²) in [6.07, 6.45) is 6.74. The second-order valence-electron chi connectivity index (χ2n) is 5.06. The summed E-state index contributed by atoms with van der Waals surface area (Å²) >= 11 is 0. The van der Waals surface area contributed by atoms with Crippen LogP contribution in [0.4, 0.5) is 5.69 Å². The van der Waals surface area contributed by atoms with Gasteiger partial charge in [0, 0.05) is 18.3 Å². The zero-order valence-electron chi connectivity index (χ0n) is 10.9. The number of benzene rings is 1. The Kier molecular flexibility index (Phi) is 4.43. The maximum Gasteiger partial charge on any atom is 0.0316 e. The van der Waals surface area contributed by atoms with Crippen LogP contribution in [-0.4, -0.2) is 24.0 Å². The summed E-state index contributed by atoms with van der Waals surface area (Å²) in [5.74, 6) is 0. The van der Waals surface area contributed by atoms with E-state index in [1.54, 1.807) is 0 Å². The van der Waals surface area contributed by atoms with Gasteiger partial charge >= 0.3 is 0 Å². The molecular formula is C15H24N2. The van der Waals surface area contributed by atoms with Crippen molar-refractivity contribution in [3.05, 3.63) is 29.8 Å². The summed E-state index contributed by atoms with van der Waals surface area (Å²) < 4.78 is 0. The summed E-state index contributed by atoms with van der Waals surface area (Å²) in [4.78, 5) is 2.64. The Bertz CT molecular complexity index is 343. The number of nitrogens with two attached hydrogens (primary N) is 1. The van der Waals surface area contributed by atoms with Crippen LogP contribution in [0.3, 0.4) is 0 Å². The molecule has 1 fully saturated rings. The van der Waals surface area contributed by atoms with Crippen molar-refractivity contribution in [3.8, 4) is 0 Å². The third-order valence-corrected chi connectivity index (χ3v) is 3.89. The van der Waals surface area contributed by atoms with Crippen LogP contribution >= 0.6 is 0 Å². The van der Waals surface area contributed by atoms with Crippen LogP contribution < -0.4 is 5.73 Å². The summed E-state index contributed by atoms with van der Waals surface area (Å²) in [6, 6.07) is 9.12. The summed E-state index contributed by atoms with van der Waals surface area (Å²) in [5, 5.41) is 0. The Balaban J connectivity index is 1.87. The first-order chi connectivity index (χ1) is 8.29. The SMILES string of the molecule is CCN(CCc1cccc(N)c1)C1CCCC1. The zero-order valence-corrected chi connectivity index (χ0v) is 10.9. The van der Waals surface area contributed by atoms with Crippen LogP contribution in [0.15, 0.2) is 24.3 Å². The van der Waals surface area contributed by atoms with Crippen LogP contribution in [0, 0.1) is 0 Å². The number of hydrogen-bond donors (Lipinski definition) is 1. The first-order valence-corrected chi connectivity index (χ1v) is 6.88. The van der Waals surface area contributed by atoms with E-state index >= 15 is 0 Å². The lowest BCUT2D eigenvalue weighted by atomic mass is 10.1. The van der Waals surface area contributed by atoms with Gasteiger partial charge in [-0.05, 0) is 43.5 Å². The van der Waals surface area contributed by atoms with Gasteiger partial charge in [0.25, 0.3) is 0 Å². The highest BCUT2D eigenvalue weighted by atomic mass is 15.1. The van der Waals surface area contributed by atoms with Crippen LogP contribution in [0.1, 0.15) is 38.2 Å². The van der Waals surface area contributed by atoms with Crippen LogP contribution in [0.25, 0.3) is 0 Å². The van der Waals surface area contributed by atoms with Crippen molar-refractivity contribution < 1.29 is 0 Å². The molecule has 0 spiro atoms. The maximum absolute atomic E-state index is 5.81. The first kappa shape index (κ1) is 12.4. The molecule has 1 aromatic carbocycles. The van der Waals surface area contributed by atoms with Gasteiger partial charge in [-0.1, -0.05) is 31.9 Å². The molecule has 1 aromatic rings. The van der Waals surface area contributed by atoms with Crippen LogP contribution in [0.5, 0.6) is 0 Å². The largest absolute Gasteiger partial charge is 0.399 e. The molecule has 0 amide bonds. The lowest BCUT2D eigenvalue weighted by molar-refractivity contribution is 0.211. The predicted octanol–water partition coefficient (Wildman–Crippen LogP) is 3.08. The molecule has 0 radical (unpaired) electrons. The van der Waals surface area contributed by atoms with E-state index in [9.17, 15) is 0 Å². The number of nitrogen functional groups attached to an aromatic ring is 1. The fourth-order valence-electron chi connectivity index (χ4n) is 2.89. The molecule has 0 bridgehead atoms. The van der Waals surface area contributed by atoms with Crippen molar-refractivity contribution in [2.24, 2.45) is 0 Å². The Morgan fingerprint density at radius 1 is 1.29 bits per heavy atom. The summed E-state index contributed by atoms with van der Waals surface area (Å²) in [6.45, 7) is 4.62. The molecular weight excluding hydrogens is 208 g/mol. The van der Waals surface area contributed by atoms with E-state index in [1.165, 1.54) is 44.3 Å². The molecule has 1 saturated carbocycles. The minimum absolute atomic E-state index is 0.834. The molecule has 0 aliphatic heterocycles. The fourth-order valence-corrected chi connectivity index (χ4v) is 2.89. The van der Waals surface area contributed by atoms with Gasteiger partial charge < -0.3 is 10.6 Å². The van der Waals surface area contributed by atoms with Gasteiger partial charge in [-0.2, -0.15) is 0 Å². The molecule has 2 N–H and O–H groups in total. The Hall–Kier alpha value is -1.02. The average molecular weight is 232 g/mol. The van der Waals surface area contributed by atoms with E-state index < -0.39 is 0 Å². The van der Waals surface area contributed by atoms with Crippen molar-refractivity contribution in [2.45, 2.75) is 45.1 Å². The molecule has 2 heteroatoms. The maximum atomic E-state index is 5.81. The number of likely N-dealkylation sites (N-methyl/N-ethyl adjacent to an activating group) is 1. The smallest absolute Gasteiger partial charge is 0.0316 e. The van der Waals surface area contributed by atoms with Crippen LogP contribution in [0.2, 0.25) is 0 Å². The molecule has 94 valence electrons. The van der Waals surface area contributed by atoms with Gasteiger partial charge in [-0.25, -0.2) is 0 Å². The van der Waals surface area contributed by atoms with E-state index in [1.807, 2.05) is 6.07 Å². The van der Waals surface area contributed by atoms with Gasteiger partial charge in [0.05, 0.1) is 0 Å². The second-order valence-corrected chi connectivity index (χ2v) is 5.06. The lowest BCUT2D eigenvalue weighted by Gasteiger charge is -2.27. The lowest BCUT2D eigenvalue weighted by Crippen LogP contribution is -2.34. The van der Waals surface area contributed by atoms with E-state index in [2.05, 4.69) is 30.0 Å². The Morgan fingerprint density at radius 2 is 2.06 bits per heavy atom. The zero-order chi connectivity index (χ0) is 12.1. The van der Waals surface area contributed by atoms with Gasteiger partial charge in [-0.15, -0.1) is 0 Å². The minimum atomic E-state index is 0.834. The second kappa shape index (κ2) is 6.06. The quantitative estimate of drug-likeness (QED) is 0.791. The Morgan fingerprint density at radius 3 is 2.71 bits per heavy atom. The van der Waals surface area contributed by atoms with Crippen LogP contribution in [-0.2, 0) is 6.42 Å². The molecule has 1 aliphatic carbocycles. The van der Waals surface area contributed by atoms with E-state index in [0.717, 1.165) is 18.2 Å². The molecule has 0 aromatic heterocycles. The molecule has 0 unspecified atom stereocenters. The molecule has 0 saturated heterocycles. The topological polar surface area (TPSA) is 29.3 Å². The van der Waals surface area contributed by atoms with E-state index in [0.29, 0.717) is 0 Å². The molecule has 2 nitrogen and oxygen atoms in total. The number of hydrogen-bond acceptors (Lipinski definition) is 2. The molecule has 17 heavy (non-hydrogen) atoms. The third-order valence-electron chi connectivity index (χ3n) is 3.89. The van der Waals surface area contributed by atoms with E-state index in [-0.39, 0.29) is 0 Å². The highest BCUT2D eigenvalue weighted by Crippen LogP contribution is 2.23. The third kappa shape index (κ3) is 3.47.